The van der Waals surface area contributed by atoms with Crippen molar-refractivity contribution in [2.45, 2.75) is 23.2 Å². The molecule has 0 saturated carbocycles. The van der Waals surface area contributed by atoms with E-state index in [0.717, 1.165) is 5.56 Å². The first-order chi connectivity index (χ1) is 13.4. The van der Waals surface area contributed by atoms with E-state index in [4.69, 9.17) is 5.14 Å². The van der Waals surface area contributed by atoms with E-state index in [1.165, 1.54) is 23.9 Å². The van der Waals surface area contributed by atoms with Crippen LogP contribution >= 0.6 is 11.8 Å². The molecule has 0 aliphatic rings. The highest BCUT2D eigenvalue weighted by atomic mass is 32.2. The topological polar surface area (TPSA) is 131 Å². The Kier molecular flexibility index (Phi) is 6.25. The molecule has 4 N–H and O–H groups in total. The van der Waals surface area contributed by atoms with Crippen molar-refractivity contribution in [3.63, 3.8) is 0 Å². The maximum Gasteiger partial charge on any atom is 0.238 e. The Morgan fingerprint density at radius 2 is 2.00 bits per heavy atom. The Labute approximate surface area is 167 Å². The summed E-state index contributed by atoms with van der Waals surface area (Å²) in [6, 6.07) is 10.0. The summed E-state index contributed by atoms with van der Waals surface area (Å²) in [6.07, 6.45) is 5.17. The maximum absolute atomic E-state index is 11.5. The molecule has 0 radical (unpaired) electrons. The quantitative estimate of drug-likeness (QED) is 0.393. The van der Waals surface area contributed by atoms with E-state index in [0.29, 0.717) is 34.3 Å². The van der Waals surface area contributed by atoms with Crippen molar-refractivity contribution in [2.24, 2.45) is 5.14 Å². The second-order valence-corrected chi connectivity index (χ2v) is 8.20. The van der Waals surface area contributed by atoms with Crippen LogP contribution in [0.2, 0.25) is 0 Å². The number of nitrogens with zero attached hydrogens (tertiary/aromatic N) is 3. The molecular weight excluding hydrogens is 398 g/mol. The third kappa shape index (κ3) is 4.84. The minimum atomic E-state index is -3.77. The van der Waals surface area contributed by atoms with Crippen molar-refractivity contribution in [3.8, 4) is 11.3 Å². The number of thioether (sulfide) groups is 1. The van der Waals surface area contributed by atoms with Gasteiger partial charge in [-0.05, 0) is 30.0 Å². The van der Waals surface area contributed by atoms with E-state index in [9.17, 15) is 13.5 Å². The van der Waals surface area contributed by atoms with Crippen molar-refractivity contribution < 1.29 is 13.5 Å². The second kappa shape index (κ2) is 8.65. The fourth-order valence-corrected chi connectivity index (χ4v) is 3.38. The number of aliphatic hydroxyl groups excluding tert-OH is 1. The molecule has 0 aliphatic heterocycles. The number of nitrogens with one attached hydrogen (secondary N) is 1. The third-order valence-electron chi connectivity index (χ3n) is 3.94. The van der Waals surface area contributed by atoms with Crippen molar-refractivity contribution in [1.29, 1.82) is 0 Å². The van der Waals surface area contributed by atoms with Crippen molar-refractivity contribution in [3.05, 3.63) is 59.9 Å². The van der Waals surface area contributed by atoms with E-state index in [-0.39, 0.29) is 11.5 Å². The standard InChI is InChI=1S/C18H19N5O3S2/c1-27-18-22-10-14(11-24)17(23-18)21-9-12-5-6-16(20-8-12)13-3-2-4-15(7-13)28(19,25)26/h2-8,10,24H,9,11H2,1H3,(H2,19,25,26)(H,21,22,23). The van der Waals surface area contributed by atoms with Gasteiger partial charge >= 0.3 is 0 Å². The zero-order chi connectivity index (χ0) is 20.1. The van der Waals surface area contributed by atoms with E-state index >= 15 is 0 Å². The summed E-state index contributed by atoms with van der Waals surface area (Å²) in [5.41, 5.74) is 2.81. The summed E-state index contributed by atoms with van der Waals surface area (Å²) in [5, 5.41) is 18.4. The van der Waals surface area contributed by atoms with Crippen molar-refractivity contribution >= 4 is 27.6 Å². The Balaban J connectivity index is 1.76. The van der Waals surface area contributed by atoms with E-state index in [1.807, 2.05) is 12.3 Å². The Morgan fingerprint density at radius 3 is 2.64 bits per heavy atom. The minimum absolute atomic E-state index is 0.0439. The number of primary sulfonamides is 1. The average Bonchev–Trinajstić information content (AvgIpc) is 2.72. The Morgan fingerprint density at radius 1 is 1.18 bits per heavy atom. The van der Waals surface area contributed by atoms with Gasteiger partial charge in [-0.15, -0.1) is 0 Å². The smallest absolute Gasteiger partial charge is 0.238 e. The van der Waals surface area contributed by atoms with Gasteiger partial charge in [0, 0.05) is 30.1 Å². The van der Waals surface area contributed by atoms with Gasteiger partial charge in [-0.2, -0.15) is 0 Å². The van der Waals surface area contributed by atoms with Gasteiger partial charge in [0.15, 0.2) is 5.16 Å². The van der Waals surface area contributed by atoms with Gasteiger partial charge in [-0.25, -0.2) is 23.5 Å². The van der Waals surface area contributed by atoms with E-state index in [1.54, 1.807) is 30.6 Å². The SMILES string of the molecule is CSc1ncc(CO)c(NCc2ccc(-c3cccc(S(N)(=O)=O)c3)nc2)n1. The first-order valence-electron chi connectivity index (χ1n) is 8.23. The molecule has 2 heterocycles. The van der Waals surface area contributed by atoms with Crippen LogP contribution < -0.4 is 10.5 Å². The van der Waals surface area contributed by atoms with Gasteiger partial charge in [0.1, 0.15) is 5.82 Å². The van der Waals surface area contributed by atoms with Crippen molar-refractivity contribution in [1.82, 2.24) is 15.0 Å². The molecule has 0 atom stereocenters. The zero-order valence-electron chi connectivity index (χ0n) is 15.0. The van der Waals surface area contributed by atoms with Gasteiger partial charge in [0.05, 0.1) is 17.2 Å². The van der Waals surface area contributed by atoms with Gasteiger partial charge in [0.25, 0.3) is 0 Å². The monoisotopic (exact) mass is 417 g/mol. The molecule has 146 valence electrons. The number of benzene rings is 1. The highest BCUT2D eigenvalue weighted by Gasteiger charge is 2.10. The lowest BCUT2D eigenvalue weighted by Gasteiger charge is -2.10. The normalized spacial score (nSPS) is 11.4. The van der Waals surface area contributed by atoms with Crippen LogP contribution in [0.1, 0.15) is 11.1 Å². The molecule has 28 heavy (non-hydrogen) atoms. The van der Waals surface area contributed by atoms with E-state index in [2.05, 4.69) is 20.3 Å². The maximum atomic E-state index is 11.5. The molecule has 10 heteroatoms. The van der Waals surface area contributed by atoms with Crippen LogP contribution in [0.4, 0.5) is 5.82 Å². The second-order valence-electron chi connectivity index (χ2n) is 5.87. The van der Waals surface area contributed by atoms with Crippen molar-refractivity contribution in [2.75, 3.05) is 11.6 Å². The first-order valence-corrected chi connectivity index (χ1v) is 11.0. The Bertz CT molecular complexity index is 1070. The van der Waals surface area contributed by atoms with Crippen LogP contribution in [0.15, 0.2) is 58.8 Å². The minimum Gasteiger partial charge on any atom is -0.391 e. The van der Waals surface area contributed by atoms with E-state index < -0.39 is 10.0 Å². The van der Waals surface area contributed by atoms with Gasteiger partial charge in [-0.1, -0.05) is 30.0 Å². The molecule has 0 fully saturated rings. The lowest BCUT2D eigenvalue weighted by Crippen LogP contribution is -2.12. The van der Waals surface area contributed by atoms with Crippen LogP contribution in [-0.2, 0) is 23.2 Å². The molecule has 0 aliphatic carbocycles. The lowest BCUT2D eigenvalue weighted by molar-refractivity contribution is 0.281. The molecular formula is C18H19N5O3S2. The summed E-state index contributed by atoms with van der Waals surface area (Å²) < 4.78 is 23.0. The number of aliphatic hydroxyl groups is 1. The molecule has 0 saturated heterocycles. The molecule has 3 aromatic rings. The number of hydrogen-bond acceptors (Lipinski definition) is 8. The number of nitrogens with two attached hydrogens (primary N) is 1. The lowest BCUT2D eigenvalue weighted by atomic mass is 10.1. The molecule has 1 aromatic carbocycles. The summed E-state index contributed by atoms with van der Waals surface area (Å²) in [5.74, 6) is 0.576. The van der Waals surface area contributed by atoms with Crippen LogP contribution in [0, 0.1) is 0 Å². The average molecular weight is 418 g/mol. The highest BCUT2D eigenvalue weighted by molar-refractivity contribution is 7.98. The summed E-state index contributed by atoms with van der Waals surface area (Å²) in [4.78, 5) is 13.0. The number of rotatable bonds is 7. The molecule has 0 spiro atoms. The molecule has 3 rings (SSSR count). The van der Waals surface area contributed by atoms with Crippen LogP contribution in [-0.4, -0.2) is 34.7 Å². The summed E-state index contributed by atoms with van der Waals surface area (Å²) in [7, 11) is -3.77. The highest BCUT2D eigenvalue weighted by Crippen LogP contribution is 2.21. The fourth-order valence-electron chi connectivity index (χ4n) is 2.48. The molecule has 0 bridgehead atoms. The summed E-state index contributed by atoms with van der Waals surface area (Å²) in [6.45, 7) is 0.302. The van der Waals surface area contributed by atoms with Crippen LogP contribution in [0.5, 0.6) is 0 Å². The van der Waals surface area contributed by atoms with Crippen LogP contribution in [0.25, 0.3) is 11.3 Å². The largest absolute Gasteiger partial charge is 0.391 e. The first kappa shape index (κ1) is 20.2. The number of aromatic nitrogens is 3. The van der Waals surface area contributed by atoms with Crippen LogP contribution in [0.3, 0.4) is 0 Å². The Hall–Kier alpha value is -2.53. The van der Waals surface area contributed by atoms with Gasteiger partial charge in [-0.3, -0.25) is 4.98 Å². The molecule has 0 unspecified atom stereocenters. The van der Waals surface area contributed by atoms with Gasteiger partial charge in [0.2, 0.25) is 10.0 Å². The number of sulfonamides is 1. The number of anilines is 1. The predicted molar refractivity (Wildman–Crippen MR) is 108 cm³/mol. The molecule has 0 amide bonds. The number of pyridine rings is 1. The third-order valence-corrected chi connectivity index (χ3v) is 5.41. The summed E-state index contributed by atoms with van der Waals surface area (Å²) >= 11 is 1.42. The van der Waals surface area contributed by atoms with Gasteiger partial charge < -0.3 is 10.4 Å². The predicted octanol–water partition coefficient (Wildman–Crippen LogP) is 2.01. The fraction of sp³-hybridized carbons (Fsp3) is 0.167. The molecule has 2 aromatic heterocycles. The molecule has 8 nitrogen and oxygen atoms in total. The number of hydrogen-bond donors (Lipinski definition) is 3. The zero-order valence-corrected chi connectivity index (χ0v) is 16.7.